The van der Waals surface area contributed by atoms with Crippen molar-refractivity contribution in [2.24, 2.45) is 0 Å². The lowest BCUT2D eigenvalue weighted by molar-refractivity contribution is -0.144. The van der Waals surface area contributed by atoms with Crippen LogP contribution in [0.3, 0.4) is 0 Å². The first-order valence-electron chi connectivity index (χ1n) is 5.23. The van der Waals surface area contributed by atoms with Gasteiger partial charge in [0.1, 0.15) is 12.2 Å². The van der Waals surface area contributed by atoms with Crippen molar-refractivity contribution in [3.63, 3.8) is 0 Å². The van der Waals surface area contributed by atoms with E-state index in [0.717, 1.165) is 0 Å². The number of carbonyl (C=O) groups excluding carboxylic acids is 1. The lowest BCUT2D eigenvalue weighted by Crippen LogP contribution is -2.16. The molecule has 2 heterocycles. The molecule has 0 spiro atoms. The monoisotopic (exact) mass is 246 g/mol. The summed E-state index contributed by atoms with van der Waals surface area (Å²) < 4.78 is 36.4. The van der Waals surface area contributed by atoms with Gasteiger partial charge in [-0.05, 0) is 6.92 Å². The van der Waals surface area contributed by atoms with Crippen LogP contribution in [0.4, 0.5) is 8.78 Å². The van der Waals surface area contributed by atoms with Gasteiger partial charge < -0.3 is 9.47 Å². The third kappa shape index (κ3) is 2.28. The predicted octanol–water partition coefficient (Wildman–Crippen LogP) is 1.41. The van der Waals surface area contributed by atoms with E-state index in [1.807, 2.05) is 0 Å². The number of rotatable bonds is 4. The normalized spacial score (nSPS) is 14.1. The lowest BCUT2D eigenvalue weighted by Gasteiger charge is -2.04. The van der Waals surface area contributed by atoms with E-state index in [4.69, 9.17) is 9.47 Å². The summed E-state index contributed by atoms with van der Waals surface area (Å²) in [7, 11) is 0. The number of fused-ring (bicyclic) bond motifs is 1. The molecule has 0 radical (unpaired) electrons. The first kappa shape index (κ1) is 12.0. The van der Waals surface area contributed by atoms with Crippen LogP contribution in [0.5, 0.6) is 0 Å². The van der Waals surface area contributed by atoms with Crippen LogP contribution in [0.15, 0.2) is 0 Å². The number of halogens is 2. The number of hydrogen-bond acceptors (Lipinski definition) is 4. The standard InChI is InChI=1S/C10H12F2N2O3/c1-2-17-8(15)3-14-7-5-16-4-6(7)9(13-14)10(11)12/h10H,2-5H2,1H3. The molecule has 1 aromatic rings. The fraction of sp³-hybridized carbons (Fsp3) is 0.600. The molecule has 2 rings (SSSR count). The van der Waals surface area contributed by atoms with Crippen LogP contribution in [0.1, 0.15) is 30.3 Å². The SMILES string of the molecule is CCOC(=O)Cn1nc(C(F)F)c2c1COC2. The largest absolute Gasteiger partial charge is 0.465 e. The van der Waals surface area contributed by atoms with E-state index in [2.05, 4.69) is 5.10 Å². The summed E-state index contributed by atoms with van der Waals surface area (Å²) in [4.78, 5) is 11.3. The lowest BCUT2D eigenvalue weighted by atomic mass is 10.2. The molecule has 0 aromatic carbocycles. The second-order valence-electron chi connectivity index (χ2n) is 3.57. The number of carbonyl (C=O) groups is 1. The fourth-order valence-corrected chi connectivity index (χ4v) is 1.76. The van der Waals surface area contributed by atoms with Crippen molar-refractivity contribution in [2.45, 2.75) is 33.1 Å². The molecule has 0 bridgehead atoms. The van der Waals surface area contributed by atoms with Crippen LogP contribution in [0.25, 0.3) is 0 Å². The van der Waals surface area contributed by atoms with Crippen molar-refractivity contribution in [3.8, 4) is 0 Å². The highest BCUT2D eigenvalue weighted by Gasteiger charge is 2.28. The molecule has 0 aliphatic carbocycles. The van der Waals surface area contributed by atoms with Crippen molar-refractivity contribution in [1.29, 1.82) is 0 Å². The maximum absolute atomic E-state index is 12.7. The Morgan fingerprint density at radius 1 is 1.59 bits per heavy atom. The van der Waals surface area contributed by atoms with E-state index in [-0.39, 0.29) is 32.1 Å². The van der Waals surface area contributed by atoms with Crippen molar-refractivity contribution >= 4 is 5.97 Å². The van der Waals surface area contributed by atoms with Gasteiger partial charge in [0.15, 0.2) is 0 Å². The van der Waals surface area contributed by atoms with E-state index in [1.165, 1.54) is 4.68 Å². The van der Waals surface area contributed by atoms with Gasteiger partial charge in [-0.3, -0.25) is 9.48 Å². The van der Waals surface area contributed by atoms with Crippen LogP contribution in [-0.2, 0) is 34.0 Å². The Balaban J connectivity index is 2.23. The van der Waals surface area contributed by atoms with Gasteiger partial charge in [-0.25, -0.2) is 8.78 Å². The molecule has 0 N–H and O–H groups in total. The van der Waals surface area contributed by atoms with Gasteiger partial charge in [-0.2, -0.15) is 5.10 Å². The second kappa shape index (κ2) is 4.79. The summed E-state index contributed by atoms with van der Waals surface area (Å²) in [6, 6.07) is 0. The van der Waals surface area contributed by atoms with Crippen molar-refractivity contribution < 1.29 is 23.0 Å². The molecule has 0 saturated heterocycles. The minimum absolute atomic E-state index is 0.123. The summed E-state index contributed by atoms with van der Waals surface area (Å²) in [5.41, 5.74) is 0.624. The number of hydrogen-bond donors (Lipinski definition) is 0. The van der Waals surface area contributed by atoms with E-state index in [1.54, 1.807) is 6.92 Å². The van der Waals surface area contributed by atoms with Crippen LogP contribution in [0.2, 0.25) is 0 Å². The highest BCUT2D eigenvalue weighted by molar-refractivity contribution is 5.69. The smallest absolute Gasteiger partial charge is 0.327 e. The molecule has 0 fully saturated rings. The van der Waals surface area contributed by atoms with Gasteiger partial charge in [-0.1, -0.05) is 0 Å². The number of aromatic nitrogens is 2. The summed E-state index contributed by atoms with van der Waals surface area (Å²) in [6.07, 6.45) is -2.66. The molecule has 0 atom stereocenters. The van der Waals surface area contributed by atoms with Crippen LogP contribution < -0.4 is 0 Å². The summed E-state index contributed by atoms with van der Waals surface area (Å²) in [5.74, 6) is -0.495. The highest BCUT2D eigenvalue weighted by atomic mass is 19.3. The molecule has 7 heteroatoms. The molecule has 1 aliphatic rings. The maximum atomic E-state index is 12.7. The number of nitrogens with zero attached hydrogens (tertiary/aromatic N) is 2. The molecule has 0 amide bonds. The Morgan fingerprint density at radius 2 is 2.35 bits per heavy atom. The third-order valence-electron chi connectivity index (χ3n) is 2.47. The minimum atomic E-state index is -2.66. The Labute approximate surface area is 96.3 Å². The quantitative estimate of drug-likeness (QED) is 0.754. The summed E-state index contributed by atoms with van der Waals surface area (Å²) in [6.45, 7) is 2.10. The molecule has 1 aromatic heterocycles. The van der Waals surface area contributed by atoms with Gasteiger partial charge in [0.2, 0.25) is 0 Å². The fourth-order valence-electron chi connectivity index (χ4n) is 1.76. The van der Waals surface area contributed by atoms with Crippen LogP contribution in [-0.4, -0.2) is 22.4 Å². The average Bonchev–Trinajstić information content (AvgIpc) is 2.81. The van der Waals surface area contributed by atoms with Gasteiger partial charge in [0, 0.05) is 5.56 Å². The molecular weight excluding hydrogens is 234 g/mol. The second-order valence-corrected chi connectivity index (χ2v) is 3.57. The number of esters is 1. The first-order valence-corrected chi connectivity index (χ1v) is 5.23. The molecule has 0 unspecified atom stereocenters. The zero-order chi connectivity index (χ0) is 12.4. The Morgan fingerprint density at radius 3 is 3.00 bits per heavy atom. The third-order valence-corrected chi connectivity index (χ3v) is 2.47. The summed E-state index contributed by atoms with van der Waals surface area (Å²) in [5, 5.41) is 3.74. The van der Waals surface area contributed by atoms with Crippen LogP contribution >= 0.6 is 0 Å². The number of alkyl halides is 2. The maximum Gasteiger partial charge on any atom is 0.327 e. The first-order chi connectivity index (χ1) is 8.13. The molecule has 0 saturated carbocycles. The van der Waals surface area contributed by atoms with Crippen molar-refractivity contribution in [1.82, 2.24) is 9.78 Å². The zero-order valence-electron chi connectivity index (χ0n) is 9.28. The van der Waals surface area contributed by atoms with Crippen molar-refractivity contribution in [3.05, 3.63) is 17.0 Å². The molecular formula is C10H12F2N2O3. The topological polar surface area (TPSA) is 53.4 Å². The molecule has 94 valence electrons. The molecule has 17 heavy (non-hydrogen) atoms. The van der Waals surface area contributed by atoms with E-state index >= 15 is 0 Å². The van der Waals surface area contributed by atoms with Gasteiger partial charge >= 0.3 is 5.97 Å². The van der Waals surface area contributed by atoms with Gasteiger partial charge in [-0.15, -0.1) is 0 Å². The van der Waals surface area contributed by atoms with Gasteiger partial charge in [0.05, 0.1) is 25.5 Å². The highest BCUT2D eigenvalue weighted by Crippen LogP contribution is 2.29. The van der Waals surface area contributed by atoms with E-state index in [9.17, 15) is 13.6 Å². The zero-order valence-corrected chi connectivity index (χ0v) is 9.28. The number of ether oxygens (including phenoxy) is 2. The molecule has 5 nitrogen and oxygen atoms in total. The Bertz CT molecular complexity index is 431. The Hall–Kier alpha value is -1.50. The predicted molar refractivity (Wildman–Crippen MR) is 52.3 cm³/mol. The van der Waals surface area contributed by atoms with Crippen molar-refractivity contribution in [2.75, 3.05) is 6.61 Å². The minimum Gasteiger partial charge on any atom is -0.465 e. The summed E-state index contributed by atoms with van der Waals surface area (Å²) >= 11 is 0. The van der Waals surface area contributed by atoms with Gasteiger partial charge in [0.25, 0.3) is 6.43 Å². The van der Waals surface area contributed by atoms with Crippen LogP contribution in [0, 0.1) is 0 Å². The van der Waals surface area contributed by atoms with E-state index in [0.29, 0.717) is 11.3 Å². The average molecular weight is 246 g/mol. The van der Waals surface area contributed by atoms with E-state index < -0.39 is 12.4 Å². The Kier molecular flexibility index (Phi) is 3.37. The molecule has 1 aliphatic heterocycles.